The van der Waals surface area contributed by atoms with Crippen molar-refractivity contribution in [2.45, 2.75) is 0 Å². The van der Waals surface area contributed by atoms with Gasteiger partial charge in [0.2, 0.25) is 0 Å². The number of carbonyl (C=O) groups excluding carboxylic acids is 1. The van der Waals surface area contributed by atoms with Gasteiger partial charge < -0.3 is 15.5 Å². The Morgan fingerprint density at radius 2 is 1.95 bits per heavy atom. The quantitative estimate of drug-likeness (QED) is 0.609. The fourth-order valence-corrected chi connectivity index (χ4v) is 3.81. The number of nitrogens with two attached hydrogens (primary N) is 1. The molecule has 0 spiro atoms. The van der Waals surface area contributed by atoms with Crippen molar-refractivity contribution in [2.75, 3.05) is 36.8 Å². The zero-order valence-corrected chi connectivity index (χ0v) is 14.4. The molecule has 6 heteroatoms. The topological polar surface area (TPSA) is 49.6 Å². The molecule has 1 saturated heterocycles. The molecule has 0 radical (unpaired) electrons. The highest BCUT2D eigenvalue weighted by Gasteiger charge is 2.22. The SMILES string of the molecule is Nc1cccc(N2CCN(C(=O)c3csc(I)c3)CC2)c1. The van der Waals surface area contributed by atoms with Crippen molar-refractivity contribution in [3.05, 3.63) is 44.2 Å². The van der Waals surface area contributed by atoms with Gasteiger partial charge in [-0.05, 0) is 46.9 Å². The van der Waals surface area contributed by atoms with Gasteiger partial charge in [0, 0.05) is 42.9 Å². The van der Waals surface area contributed by atoms with Gasteiger partial charge in [0.05, 0.1) is 8.45 Å². The van der Waals surface area contributed by atoms with E-state index in [4.69, 9.17) is 5.73 Å². The molecule has 3 rings (SSSR count). The van der Waals surface area contributed by atoms with E-state index >= 15 is 0 Å². The Morgan fingerprint density at radius 1 is 1.19 bits per heavy atom. The average molecular weight is 413 g/mol. The van der Waals surface area contributed by atoms with Crippen molar-refractivity contribution in [3.8, 4) is 0 Å². The van der Waals surface area contributed by atoms with Crippen molar-refractivity contribution in [1.82, 2.24) is 4.90 Å². The third kappa shape index (κ3) is 3.32. The van der Waals surface area contributed by atoms with Crippen molar-refractivity contribution in [1.29, 1.82) is 0 Å². The van der Waals surface area contributed by atoms with E-state index in [1.807, 2.05) is 34.5 Å². The number of halogens is 1. The second kappa shape index (κ2) is 6.23. The van der Waals surface area contributed by atoms with Crippen molar-refractivity contribution in [3.63, 3.8) is 0 Å². The largest absolute Gasteiger partial charge is 0.399 e. The number of nitrogen functional groups attached to an aromatic ring is 1. The van der Waals surface area contributed by atoms with Crippen LogP contribution in [-0.2, 0) is 0 Å². The van der Waals surface area contributed by atoms with Crippen molar-refractivity contribution in [2.24, 2.45) is 0 Å². The number of nitrogens with zero attached hydrogens (tertiary/aromatic N) is 2. The van der Waals surface area contributed by atoms with Crippen LogP contribution < -0.4 is 10.6 Å². The molecule has 0 saturated carbocycles. The lowest BCUT2D eigenvalue weighted by atomic mass is 10.2. The van der Waals surface area contributed by atoms with Gasteiger partial charge in [-0.3, -0.25) is 4.79 Å². The van der Waals surface area contributed by atoms with Gasteiger partial charge in [-0.25, -0.2) is 0 Å². The van der Waals surface area contributed by atoms with Gasteiger partial charge in [0.25, 0.3) is 5.91 Å². The summed E-state index contributed by atoms with van der Waals surface area (Å²) in [5, 5.41) is 1.94. The van der Waals surface area contributed by atoms with Gasteiger partial charge >= 0.3 is 0 Å². The number of benzene rings is 1. The van der Waals surface area contributed by atoms with Crippen molar-refractivity contribution >= 4 is 51.2 Å². The molecule has 0 unspecified atom stereocenters. The van der Waals surface area contributed by atoms with E-state index in [0.29, 0.717) is 0 Å². The highest BCUT2D eigenvalue weighted by molar-refractivity contribution is 14.1. The molecule has 1 aliphatic heterocycles. The lowest BCUT2D eigenvalue weighted by molar-refractivity contribution is 0.0747. The van der Waals surface area contributed by atoms with Crippen LogP contribution >= 0.6 is 33.9 Å². The fourth-order valence-electron chi connectivity index (χ4n) is 2.49. The smallest absolute Gasteiger partial charge is 0.254 e. The molecule has 0 atom stereocenters. The van der Waals surface area contributed by atoms with Gasteiger partial charge in [-0.15, -0.1) is 11.3 Å². The number of hydrogen-bond donors (Lipinski definition) is 1. The molecule has 0 aliphatic carbocycles. The van der Waals surface area contributed by atoms with Crippen LogP contribution in [0.2, 0.25) is 0 Å². The van der Waals surface area contributed by atoms with E-state index in [-0.39, 0.29) is 5.91 Å². The minimum atomic E-state index is 0.140. The molecule has 1 aliphatic rings. The maximum absolute atomic E-state index is 12.4. The van der Waals surface area contributed by atoms with Crippen LogP contribution in [0, 0.1) is 2.88 Å². The molecular weight excluding hydrogens is 397 g/mol. The molecule has 2 heterocycles. The van der Waals surface area contributed by atoms with E-state index in [1.165, 1.54) is 0 Å². The highest BCUT2D eigenvalue weighted by Crippen LogP contribution is 2.21. The standard InChI is InChI=1S/C15H16IN3OS/c16-14-8-11(10-21-14)15(20)19-6-4-18(5-7-19)13-3-1-2-12(17)9-13/h1-3,8-10H,4-7,17H2. The molecule has 110 valence electrons. The first-order valence-electron chi connectivity index (χ1n) is 6.77. The van der Waals surface area contributed by atoms with Crippen LogP contribution in [0.15, 0.2) is 35.7 Å². The summed E-state index contributed by atoms with van der Waals surface area (Å²) in [5.74, 6) is 0.140. The minimum absolute atomic E-state index is 0.140. The van der Waals surface area contributed by atoms with E-state index in [0.717, 1.165) is 46.0 Å². The number of anilines is 2. The Kier molecular flexibility index (Phi) is 4.34. The summed E-state index contributed by atoms with van der Waals surface area (Å²) in [6.45, 7) is 3.19. The predicted molar refractivity (Wildman–Crippen MR) is 96.0 cm³/mol. The summed E-state index contributed by atoms with van der Waals surface area (Å²) < 4.78 is 1.15. The normalized spacial score (nSPS) is 15.3. The van der Waals surface area contributed by atoms with E-state index in [2.05, 4.69) is 33.6 Å². The number of amides is 1. The number of hydrogen-bond acceptors (Lipinski definition) is 4. The monoisotopic (exact) mass is 413 g/mol. The van der Waals surface area contributed by atoms with Crippen LogP contribution in [0.1, 0.15) is 10.4 Å². The lowest BCUT2D eigenvalue weighted by Crippen LogP contribution is -2.48. The molecular formula is C15H16IN3OS. The molecule has 1 aromatic heterocycles. The summed E-state index contributed by atoms with van der Waals surface area (Å²) in [6, 6.07) is 9.86. The van der Waals surface area contributed by atoms with Gasteiger partial charge in [0.15, 0.2) is 0 Å². The summed E-state index contributed by atoms with van der Waals surface area (Å²) >= 11 is 3.86. The van der Waals surface area contributed by atoms with Gasteiger partial charge in [-0.2, -0.15) is 0 Å². The second-order valence-corrected chi connectivity index (χ2v) is 7.82. The average Bonchev–Trinajstić information content (AvgIpc) is 2.93. The molecule has 4 nitrogen and oxygen atoms in total. The molecule has 1 fully saturated rings. The molecule has 1 amide bonds. The summed E-state index contributed by atoms with van der Waals surface area (Å²) in [5.41, 5.74) is 8.54. The van der Waals surface area contributed by atoms with Crippen molar-refractivity contribution < 1.29 is 4.79 Å². The second-order valence-electron chi connectivity index (χ2n) is 5.01. The van der Waals surface area contributed by atoms with Crippen LogP contribution in [0.5, 0.6) is 0 Å². The maximum atomic E-state index is 12.4. The maximum Gasteiger partial charge on any atom is 0.254 e. The summed E-state index contributed by atoms with van der Waals surface area (Å²) in [7, 11) is 0. The molecule has 2 N–H and O–H groups in total. The number of carbonyl (C=O) groups is 1. The fraction of sp³-hybridized carbons (Fsp3) is 0.267. The van der Waals surface area contributed by atoms with Crippen LogP contribution in [0.3, 0.4) is 0 Å². The number of rotatable bonds is 2. The summed E-state index contributed by atoms with van der Waals surface area (Å²) in [6.07, 6.45) is 0. The molecule has 21 heavy (non-hydrogen) atoms. The molecule has 2 aromatic rings. The van der Waals surface area contributed by atoms with Crippen LogP contribution in [0.4, 0.5) is 11.4 Å². The zero-order chi connectivity index (χ0) is 14.8. The molecule has 0 bridgehead atoms. The number of thiophene rings is 1. The number of piperazine rings is 1. The first-order valence-corrected chi connectivity index (χ1v) is 8.73. The Labute approximate surface area is 141 Å². The summed E-state index contributed by atoms with van der Waals surface area (Å²) in [4.78, 5) is 16.6. The third-order valence-corrected chi connectivity index (χ3v) is 5.41. The Bertz CT molecular complexity index is 650. The first-order chi connectivity index (χ1) is 10.1. The zero-order valence-electron chi connectivity index (χ0n) is 11.5. The van der Waals surface area contributed by atoms with E-state index in [1.54, 1.807) is 11.3 Å². The third-order valence-electron chi connectivity index (χ3n) is 3.62. The minimum Gasteiger partial charge on any atom is -0.399 e. The van der Waals surface area contributed by atoms with Gasteiger partial charge in [-0.1, -0.05) is 6.07 Å². The lowest BCUT2D eigenvalue weighted by Gasteiger charge is -2.36. The predicted octanol–water partition coefficient (Wildman–Crippen LogP) is 2.90. The Morgan fingerprint density at radius 3 is 2.57 bits per heavy atom. The van der Waals surface area contributed by atoms with E-state index in [9.17, 15) is 4.79 Å². The van der Waals surface area contributed by atoms with Crippen LogP contribution in [0.25, 0.3) is 0 Å². The molecule has 1 aromatic carbocycles. The Balaban J connectivity index is 1.64. The van der Waals surface area contributed by atoms with Crippen LogP contribution in [-0.4, -0.2) is 37.0 Å². The van der Waals surface area contributed by atoms with E-state index < -0.39 is 0 Å². The van der Waals surface area contributed by atoms with Gasteiger partial charge in [0.1, 0.15) is 0 Å². The Hall–Kier alpha value is -1.28. The first kappa shape index (κ1) is 14.6. The highest BCUT2D eigenvalue weighted by atomic mass is 127.